The van der Waals surface area contributed by atoms with Crippen LogP contribution in [0.1, 0.15) is 32.6 Å². The number of nitrogens with one attached hydrogen (secondary N) is 1. The molecule has 1 unspecified atom stereocenters. The summed E-state index contributed by atoms with van der Waals surface area (Å²) < 4.78 is 7.33. The largest absolute Gasteiger partial charge is 0.379 e. The van der Waals surface area contributed by atoms with E-state index in [9.17, 15) is 0 Å². The number of rotatable bonds is 6. The highest BCUT2D eigenvalue weighted by molar-refractivity contribution is 4.86. The van der Waals surface area contributed by atoms with Gasteiger partial charge in [0.1, 0.15) is 12.2 Å². The molecule has 6 nitrogen and oxygen atoms in total. The molecule has 0 amide bonds. The van der Waals surface area contributed by atoms with Crippen molar-refractivity contribution in [2.24, 2.45) is 0 Å². The van der Waals surface area contributed by atoms with E-state index in [1.165, 1.54) is 0 Å². The maximum atomic E-state index is 5.36. The summed E-state index contributed by atoms with van der Waals surface area (Å²) in [5.41, 5.74) is 0. The molecule has 1 atom stereocenters. The topological polar surface area (TPSA) is 55.2 Å². The van der Waals surface area contributed by atoms with Crippen LogP contribution in [0.15, 0.2) is 6.33 Å². The van der Waals surface area contributed by atoms with Gasteiger partial charge in [-0.25, -0.2) is 9.67 Å². The van der Waals surface area contributed by atoms with Crippen molar-refractivity contribution in [3.05, 3.63) is 12.2 Å². The lowest BCUT2D eigenvalue weighted by atomic mass is 10.3. The maximum Gasteiger partial charge on any atom is 0.141 e. The zero-order valence-electron chi connectivity index (χ0n) is 12.2. The molecule has 1 aliphatic heterocycles. The summed E-state index contributed by atoms with van der Waals surface area (Å²) in [6.07, 6.45) is 1.63. The molecule has 0 radical (unpaired) electrons. The number of hydrogen-bond donors (Lipinski definition) is 1. The van der Waals surface area contributed by atoms with Crippen LogP contribution in [0.3, 0.4) is 0 Å². The summed E-state index contributed by atoms with van der Waals surface area (Å²) in [6, 6.07) is 0.796. The maximum absolute atomic E-state index is 5.36. The second-order valence-electron chi connectivity index (χ2n) is 5.41. The smallest absolute Gasteiger partial charge is 0.141 e. The minimum absolute atomic E-state index is 0.355. The fourth-order valence-electron chi connectivity index (χ4n) is 2.33. The van der Waals surface area contributed by atoms with Gasteiger partial charge < -0.3 is 10.1 Å². The Kier molecular flexibility index (Phi) is 5.30. The summed E-state index contributed by atoms with van der Waals surface area (Å²) in [6.45, 7) is 12.1. The monoisotopic (exact) mass is 267 g/mol. The van der Waals surface area contributed by atoms with Crippen LogP contribution in [0.5, 0.6) is 0 Å². The zero-order valence-corrected chi connectivity index (χ0v) is 12.2. The van der Waals surface area contributed by atoms with Crippen molar-refractivity contribution in [1.29, 1.82) is 0 Å². The molecule has 0 spiro atoms. The first-order valence-corrected chi connectivity index (χ1v) is 7.08. The van der Waals surface area contributed by atoms with Crippen LogP contribution in [0, 0.1) is 0 Å². The van der Waals surface area contributed by atoms with Crippen molar-refractivity contribution < 1.29 is 4.74 Å². The zero-order chi connectivity index (χ0) is 13.7. The molecule has 0 bridgehead atoms. The van der Waals surface area contributed by atoms with Crippen LogP contribution in [-0.4, -0.2) is 58.6 Å². The van der Waals surface area contributed by atoms with E-state index >= 15 is 0 Å². The van der Waals surface area contributed by atoms with Crippen LogP contribution >= 0.6 is 0 Å². The van der Waals surface area contributed by atoms with Crippen molar-refractivity contribution in [1.82, 2.24) is 25.0 Å². The van der Waals surface area contributed by atoms with Crippen molar-refractivity contribution in [2.75, 3.05) is 32.8 Å². The Balaban J connectivity index is 1.76. The van der Waals surface area contributed by atoms with Crippen LogP contribution in [-0.2, 0) is 11.3 Å². The SMILES string of the molecule is CC(CN1CCOCC1)NCc1ncnn1C(C)C. The van der Waals surface area contributed by atoms with Gasteiger partial charge in [-0.1, -0.05) is 0 Å². The average molecular weight is 267 g/mol. The van der Waals surface area contributed by atoms with Crippen molar-refractivity contribution in [2.45, 2.75) is 39.4 Å². The Morgan fingerprint density at radius 1 is 1.32 bits per heavy atom. The fraction of sp³-hybridized carbons (Fsp3) is 0.846. The molecule has 6 heteroatoms. The molecule has 1 fully saturated rings. The second-order valence-corrected chi connectivity index (χ2v) is 5.41. The summed E-state index contributed by atoms with van der Waals surface area (Å²) in [4.78, 5) is 6.75. The molecule has 2 heterocycles. The van der Waals surface area contributed by atoms with Gasteiger partial charge in [0, 0.05) is 31.7 Å². The van der Waals surface area contributed by atoms with E-state index in [0.717, 1.165) is 45.2 Å². The molecule has 1 aromatic rings. The van der Waals surface area contributed by atoms with E-state index in [1.807, 2.05) is 4.68 Å². The van der Waals surface area contributed by atoms with Crippen LogP contribution in [0.4, 0.5) is 0 Å². The molecule has 0 aliphatic carbocycles. The van der Waals surface area contributed by atoms with Gasteiger partial charge in [0.05, 0.1) is 19.8 Å². The van der Waals surface area contributed by atoms with E-state index < -0.39 is 0 Å². The summed E-state index contributed by atoms with van der Waals surface area (Å²) >= 11 is 0. The van der Waals surface area contributed by atoms with Crippen LogP contribution < -0.4 is 5.32 Å². The number of hydrogen-bond acceptors (Lipinski definition) is 5. The fourth-order valence-corrected chi connectivity index (χ4v) is 2.33. The van der Waals surface area contributed by atoms with Gasteiger partial charge in [0.25, 0.3) is 0 Å². The van der Waals surface area contributed by atoms with Gasteiger partial charge in [0.15, 0.2) is 0 Å². The second kappa shape index (κ2) is 6.98. The van der Waals surface area contributed by atoms with Crippen LogP contribution in [0.25, 0.3) is 0 Å². The normalized spacial score (nSPS) is 18.9. The van der Waals surface area contributed by atoms with E-state index in [-0.39, 0.29) is 0 Å². The van der Waals surface area contributed by atoms with E-state index in [0.29, 0.717) is 12.1 Å². The number of morpholine rings is 1. The minimum atomic E-state index is 0.355. The van der Waals surface area contributed by atoms with Crippen LogP contribution in [0.2, 0.25) is 0 Å². The predicted octanol–water partition coefficient (Wildman–Crippen LogP) is 0.669. The van der Waals surface area contributed by atoms with E-state index in [4.69, 9.17) is 4.74 Å². The Bertz CT molecular complexity index is 373. The van der Waals surface area contributed by atoms with Gasteiger partial charge in [-0.05, 0) is 20.8 Å². The third kappa shape index (κ3) is 4.26. The van der Waals surface area contributed by atoms with Crippen molar-refractivity contribution in [3.63, 3.8) is 0 Å². The van der Waals surface area contributed by atoms with Gasteiger partial charge >= 0.3 is 0 Å². The molecule has 19 heavy (non-hydrogen) atoms. The number of ether oxygens (including phenoxy) is 1. The lowest BCUT2D eigenvalue weighted by molar-refractivity contribution is 0.0343. The molecule has 1 aromatic heterocycles. The first-order valence-electron chi connectivity index (χ1n) is 7.08. The van der Waals surface area contributed by atoms with Crippen molar-refractivity contribution >= 4 is 0 Å². The summed E-state index contributed by atoms with van der Waals surface area (Å²) in [5, 5.41) is 7.77. The first kappa shape index (κ1) is 14.4. The van der Waals surface area contributed by atoms with Gasteiger partial charge in [-0.2, -0.15) is 5.10 Å². The quantitative estimate of drug-likeness (QED) is 0.821. The Labute approximate surface area is 115 Å². The van der Waals surface area contributed by atoms with E-state index in [2.05, 4.69) is 41.1 Å². The number of nitrogens with zero attached hydrogens (tertiary/aromatic N) is 4. The molecule has 2 rings (SSSR count). The molecule has 1 saturated heterocycles. The average Bonchev–Trinajstić information content (AvgIpc) is 2.86. The highest BCUT2D eigenvalue weighted by atomic mass is 16.5. The number of aromatic nitrogens is 3. The third-order valence-corrected chi connectivity index (χ3v) is 3.38. The highest BCUT2D eigenvalue weighted by Gasteiger charge is 2.14. The molecule has 108 valence electrons. The van der Waals surface area contributed by atoms with E-state index in [1.54, 1.807) is 6.33 Å². The third-order valence-electron chi connectivity index (χ3n) is 3.38. The molecular weight excluding hydrogens is 242 g/mol. The van der Waals surface area contributed by atoms with Gasteiger partial charge in [0.2, 0.25) is 0 Å². The molecule has 1 N–H and O–H groups in total. The molecular formula is C13H25N5O. The standard InChI is InChI=1S/C13H25N5O/c1-11(2)18-13(15-10-16-18)8-14-12(3)9-17-4-6-19-7-5-17/h10-12,14H,4-9H2,1-3H3. The lowest BCUT2D eigenvalue weighted by Crippen LogP contribution is -2.44. The van der Waals surface area contributed by atoms with Gasteiger partial charge in [-0.15, -0.1) is 0 Å². The minimum Gasteiger partial charge on any atom is -0.379 e. The Morgan fingerprint density at radius 2 is 2.05 bits per heavy atom. The first-order chi connectivity index (χ1) is 9.16. The summed E-state index contributed by atoms with van der Waals surface area (Å²) in [7, 11) is 0. The molecule has 0 aromatic carbocycles. The highest BCUT2D eigenvalue weighted by Crippen LogP contribution is 2.05. The predicted molar refractivity (Wildman–Crippen MR) is 74.0 cm³/mol. The Hall–Kier alpha value is -0.980. The van der Waals surface area contributed by atoms with Crippen molar-refractivity contribution in [3.8, 4) is 0 Å². The summed E-state index contributed by atoms with van der Waals surface area (Å²) in [5.74, 6) is 1.00. The lowest BCUT2D eigenvalue weighted by Gasteiger charge is -2.29. The Morgan fingerprint density at radius 3 is 2.74 bits per heavy atom. The molecule has 1 aliphatic rings. The molecule has 0 saturated carbocycles. The van der Waals surface area contributed by atoms with Gasteiger partial charge in [-0.3, -0.25) is 4.90 Å².